The van der Waals surface area contributed by atoms with Gasteiger partial charge in [0.05, 0.1) is 16.6 Å². The van der Waals surface area contributed by atoms with Gasteiger partial charge in [-0.25, -0.2) is 29.0 Å². The van der Waals surface area contributed by atoms with Crippen LogP contribution in [0.1, 0.15) is 44.7 Å². The number of hydrogen-bond donors (Lipinski definition) is 2. The van der Waals surface area contributed by atoms with Gasteiger partial charge in [0.2, 0.25) is 11.6 Å². The van der Waals surface area contributed by atoms with Crippen LogP contribution in [-0.4, -0.2) is 48.4 Å². The van der Waals surface area contributed by atoms with E-state index in [4.69, 9.17) is 36.3 Å². The van der Waals surface area contributed by atoms with Gasteiger partial charge < -0.3 is 10.6 Å². The third kappa shape index (κ3) is 10.9. The number of anilines is 1. The fourth-order valence-electron chi connectivity index (χ4n) is 4.64. The Hall–Kier alpha value is -4.69. The van der Waals surface area contributed by atoms with E-state index in [1.165, 1.54) is 10.7 Å². The van der Waals surface area contributed by atoms with E-state index in [1.807, 2.05) is 26.8 Å². The molecular formula is C37H31Br2Cl2N10O2W-. The summed E-state index contributed by atoms with van der Waals surface area (Å²) in [6.07, 6.45) is 3.26. The van der Waals surface area contributed by atoms with E-state index >= 15 is 0 Å². The van der Waals surface area contributed by atoms with Gasteiger partial charge in [-0.15, -0.1) is 5.56 Å². The van der Waals surface area contributed by atoms with Gasteiger partial charge in [0.1, 0.15) is 21.5 Å². The molecule has 0 radical (unpaired) electrons. The third-order valence-corrected chi connectivity index (χ3v) is 8.76. The van der Waals surface area contributed by atoms with Crippen LogP contribution in [0, 0.1) is 46.9 Å². The molecular weight excluding hydrogens is 1030 g/mol. The fourth-order valence-corrected chi connectivity index (χ4v) is 5.91. The first-order valence-corrected chi connectivity index (χ1v) is 17.7. The average molecular weight is 1060 g/mol. The number of rotatable bonds is 5. The van der Waals surface area contributed by atoms with Gasteiger partial charge in [0.15, 0.2) is 17.3 Å². The van der Waals surface area contributed by atoms with Crippen LogP contribution in [0.25, 0.3) is 21.3 Å². The number of aromatic nitrogens is 6. The second-order valence-corrected chi connectivity index (χ2v) is 13.4. The number of carbonyl (C=O) groups is 2. The van der Waals surface area contributed by atoms with Gasteiger partial charge in [0.25, 0.3) is 5.91 Å². The number of nitrogens with one attached hydrogen (secondary N) is 2. The molecule has 0 aliphatic heterocycles. The summed E-state index contributed by atoms with van der Waals surface area (Å²) in [5.41, 5.74) is 5.92. The van der Waals surface area contributed by atoms with E-state index in [9.17, 15) is 9.59 Å². The molecule has 12 nitrogen and oxygen atoms in total. The quantitative estimate of drug-likeness (QED) is 0.166. The Bertz CT molecular complexity index is 2410. The monoisotopic (exact) mass is 1060 g/mol. The minimum absolute atomic E-state index is 0. The molecule has 276 valence electrons. The predicted octanol–water partition coefficient (Wildman–Crippen LogP) is 10.0. The van der Waals surface area contributed by atoms with Crippen molar-refractivity contribution in [2.45, 2.75) is 27.7 Å². The molecule has 0 aliphatic rings. The summed E-state index contributed by atoms with van der Waals surface area (Å²) in [6.45, 7) is 21.4. The number of carbonyl (C=O) groups excluding carboxylic acids is 2. The molecule has 54 heavy (non-hydrogen) atoms. The Morgan fingerprint density at radius 2 is 1.37 bits per heavy atom. The number of aryl methyl sites for hydroxylation is 3. The van der Waals surface area contributed by atoms with Crippen molar-refractivity contribution < 1.29 is 32.1 Å². The van der Waals surface area contributed by atoms with Crippen LogP contribution >= 0.6 is 55.1 Å². The Morgan fingerprint density at radius 1 is 0.815 bits per heavy atom. The first-order chi connectivity index (χ1) is 25.3. The van der Waals surface area contributed by atoms with Crippen LogP contribution in [0.5, 0.6) is 0 Å². The van der Waals surface area contributed by atoms with Crippen molar-refractivity contribution in [3.05, 3.63) is 155 Å². The van der Waals surface area contributed by atoms with Crippen molar-refractivity contribution >= 4 is 83.9 Å². The molecule has 0 fully saturated rings. The summed E-state index contributed by atoms with van der Waals surface area (Å²) in [5.74, 6) is 0.465. The molecule has 0 saturated carbocycles. The largest absolute Gasteiger partial charge is 0.355 e. The molecule has 0 spiro atoms. The topological polar surface area (TPSA) is 128 Å². The van der Waals surface area contributed by atoms with Crippen LogP contribution in [-0.2, 0) is 21.1 Å². The Kier molecular flexibility index (Phi) is 16.3. The first kappa shape index (κ1) is 43.7. The Labute approximate surface area is 355 Å². The molecule has 2 amide bonds. The number of hydrogen-bond acceptors (Lipinski definition) is 6. The van der Waals surface area contributed by atoms with Crippen molar-refractivity contribution in [3.63, 3.8) is 0 Å². The van der Waals surface area contributed by atoms with Gasteiger partial charge in [-0.3, -0.25) is 9.59 Å². The van der Waals surface area contributed by atoms with E-state index in [2.05, 4.69) is 78.4 Å². The minimum Gasteiger partial charge on any atom is -0.355 e. The van der Waals surface area contributed by atoms with Crippen molar-refractivity contribution in [2.75, 3.05) is 12.4 Å². The maximum atomic E-state index is 12.7. The van der Waals surface area contributed by atoms with E-state index in [1.54, 1.807) is 79.6 Å². The van der Waals surface area contributed by atoms with Crippen molar-refractivity contribution in [1.29, 1.82) is 0 Å². The fraction of sp³-hybridized carbons (Fsp3) is 0.135. The zero-order valence-corrected chi connectivity index (χ0v) is 36.9. The van der Waals surface area contributed by atoms with Gasteiger partial charge in [-0.1, -0.05) is 59.6 Å². The molecule has 17 heteroatoms. The smallest absolute Gasteiger partial charge is 0.272 e. The second-order valence-electron chi connectivity index (χ2n) is 11.0. The number of halogens is 4. The van der Waals surface area contributed by atoms with Gasteiger partial charge in [-0.05, 0) is 94.6 Å². The van der Waals surface area contributed by atoms with Crippen LogP contribution in [0.3, 0.4) is 0 Å². The second kappa shape index (κ2) is 20.1. The van der Waals surface area contributed by atoms with Crippen LogP contribution in [0.15, 0.2) is 82.3 Å². The zero-order valence-electron chi connectivity index (χ0n) is 29.2. The van der Waals surface area contributed by atoms with Crippen LogP contribution in [0.4, 0.5) is 17.1 Å². The molecule has 0 saturated heterocycles. The van der Waals surface area contributed by atoms with Crippen molar-refractivity contribution in [1.82, 2.24) is 34.8 Å². The maximum absolute atomic E-state index is 12.7. The van der Waals surface area contributed by atoms with E-state index < -0.39 is 5.91 Å². The van der Waals surface area contributed by atoms with E-state index in [0.717, 1.165) is 27.0 Å². The molecule has 4 aromatic heterocycles. The SMILES string of the molecule is Cc1cc(Br)nn1-c1ncccc1Cl.[C-]#[N+]c1c[c-]c(NC(=O)c2cc(Br)nn2-c2ncccc2Cl)c(C)c1.[C-]#[N+]c1cc(C)c(C)c(C(=O)NC)c1.[HH].[W]. The molecule has 6 aromatic rings. The number of amides is 2. The molecule has 6 rings (SSSR count). The van der Waals surface area contributed by atoms with Crippen molar-refractivity contribution in [2.24, 2.45) is 0 Å². The van der Waals surface area contributed by atoms with E-state index in [0.29, 0.717) is 48.9 Å². The average Bonchev–Trinajstić information content (AvgIpc) is 3.70. The minimum atomic E-state index is -0.394. The molecule has 0 unspecified atom stereocenters. The zero-order chi connectivity index (χ0) is 38.8. The summed E-state index contributed by atoms with van der Waals surface area (Å²) in [5, 5.41) is 14.7. The number of benzene rings is 2. The summed E-state index contributed by atoms with van der Waals surface area (Å²) in [7, 11) is 1.58. The maximum Gasteiger partial charge on any atom is 0.272 e. The normalized spacial score (nSPS) is 9.91. The van der Waals surface area contributed by atoms with E-state index in [-0.39, 0.29) is 34.1 Å². The summed E-state index contributed by atoms with van der Waals surface area (Å²) in [4.78, 5) is 39.1. The molecule has 0 atom stereocenters. The summed E-state index contributed by atoms with van der Waals surface area (Å²) in [6, 6.07) is 19.9. The molecule has 0 aliphatic carbocycles. The number of pyridine rings is 2. The predicted molar refractivity (Wildman–Crippen MR) is 215 cm³/mol. The van der Waals surface area contributed by atoms with Crippen molar-refractivity contribution in [3.8, 4) is 11.6 Å². The molecule has 2 aromatic carbocycles. The number of nitrogens with zero attached hydrogens (tertiary/aromatic N) is 8. The van der Waals surface area contributed by atoms with Gasteiger partial charge >= 0.3 is 0 Å². The van der Waals surface area contributed by atoms with Gasteiger partial charge in [0, 0.05) is 59.3 Å². The van der Waals surface area contributed by atoms with Crippen LogP contribution < -0.4 is 10.6 Å². The third-order valence-electron chi connectivity index (χ3n) is 7.39. The van der Waals surface area contributed by atoms with Gasteiger partial charge in [-0.2, -0.15) is 16.3 Å². The van der Waals surface area contributed by atoms with Crippen LogP contribution in [0.2, 0.25) is 10.0 Å². The summed E-state index contributed by atoms with van der Waals surface area (Å²) < 4.78 is 4.32. The molecule has 4 heterocycles. The summed E-state index contributed by atoms with van der Waals surface area (Å²) >= 11 is 18.7. The molecule has 2 N–H and O–H groups in total. The first-order valence-electron chi connectivity index (χ1n) is 15.4. The molecule has 0 bridgehead atoms. The Balaban J connectivity index is 0.000000300. The Morgan fingerprint density at radius 3 is 1.89 bits per heavy atom. The standard InChI is InChI=1S/C17H10BrClN5O.C11H12N2O.C9H7BrClN3.W.H2/c1-10-8-11(20-2)5-6-13(10)22-17(25)14-9-15(18)23-24(14)16-12(19)4-3-7-21-16;1-7-5-9(12-3)6-10(8(7)2)11(14)13-4;1-6-5-8(10)13-14(6)9-7(11)3-2-4-12-9;;/h3-5,7-9H,1H3,(H,22,25);5-6H,1-2,4H3,(H,13,14);2-5H,1H3;;1H/q-1;;;;.